The average Bonchev–Trinajstić information content (AvgIpc) is 2.07. The van der Waals surface area contributed by atoms with Gasteiger partial charge in [0.1, 0.15) is 12.9 Å². The van der Waals surface area contributed by atoms with Crippen LogP contribution in [-0.2, 0) is 24.1 Å². The Kier molecular flexibility index (Phi) is 3.40. The Morgan fingerprint density at radius 1 is 1.54 bits per heavy atom. The lowest BCUT2D eigenvalue weighted by molar-refractivity contribution is -0.137. The van der Waals surface area contributed by atoms with Crippen molar-refractivity contribution in [3.05, 3.63) is 0 Å². The number of Topliss-reactive ketones (excluding diaryl/α,β-unsaturated/α-hetero) is 1. The van der Waals surface area contributed by atoms with Crippen LogP contribution in [0.4, 0.5) is 0 Å². The highest BCUT2D eigenvalue weighted by Crippen LogP contribution is 2.11. The molecular weight excluding hydrogens is 196 g/mol. The Hall–Kier alpha value is -0.460. The summed E-state index contributed by atoms with van der Waals surface area (Å²) in [5, 5.41) is 0. The number of methoxy groups -OCH3 is 1. The van der Waals surface area contributed by atoms with Crippen molar-refractivity contribution < 1.29 is 22.7 Å². The van der Waals surface area contributed by atoms with Gasteiger partial charge in [-0.15, -0.1) is 0 Å². The molecule has 1 aliphatic rings. The molecule has 1 atom stereocenters. The van der Waals surface area contributed by atoms with Gasteiger partial charge in [-0.3, -0.25) is 4.79 Å². The maximum absolute atomic E-state index is 11.1. The molecule has 0 spiro atoms. The van der Waals surface area contributed by atoms with E-state index in [4.69, 9.17) is 4.74 Å². The first kappa shape index (κ1) is 10.6. The van der Waals surface area contributed by atoms with Crippen molar-refractivity contribution in [2.45, 2.75) is 12.5 Å². The molecule has 6 heteroatoms. The van der Waals surface area contributed by atoms with Crippen molar-refractivity contribution in [1.29, 1.82) is 0 Å². The zero-order chi connectivity index (χ0) is 9.90. The second-order valence-corrected chi connectivity index (χ2v) is 5.12. The van der Waals surface area contributed by atoms with Crippen LogP contribution in [0.15, 0.2) is 0 Å². The minimum absolute atomic E-state index is 0.0497. The normalized spacial score (nSPS) is 27.5. The van der Waals surface area contributed by atoms with Crippen molar-refractivity contribution in [2.75, 3.05) is 25.4 Å². The van der Waals surface area contributed by atoms with Crippen molar-refractivity contribution >= 4 is 15.6 Å². The summed E-state index contributed by atoms with van der Waals surface area (Å²) in [4.78, 5) is 11.1. The minimum Gasteiger partial charge on any atom is -0.359 e. The van der Waals surface area contributed by atoms with E-state index in [1.807, 2.05) is 0 Å². The van der Waals surface area contributed by atoms with Gasteiger partial charge < -0.3 is 9.47 Å². The van der Waals surface area contributed by atoms with Gasteiger partial charge in [0, 0.05) is 13.5 Å². The summed E-state index contributed by atoms with van der Waals surface area (Å²) in [7, 11) is -1.68. The molecule has 0 bridgehead atoms. The number of ether oxygens (including phenoxy) is 2. The molecule has 0 N–H and O–H groups in total. The van der Waals surface area contributed by atoms with Crippen LogP contribution in [0.5, 0.6) is 0 Å². The van der Waals surface area contributed by atoms with E-state index in [1.165, 1.54) is 7.11 Å². The van der Waals surface area contributed by atoms with E-state index in [1.54, 1.807) is 0 Å². The lowest BCUT2D eigenvalue weighted by atomic mass is 10.2. The predicted molar refractivity (Wildman–Crippen MR) is 45.0 cm³/mol. The molecule has 0 aromatic carbocycles. The summed E-state index contributed by atoms with van der Waals surface area (Å²) in [5.74, 6) is -0.430. The molecule has 1 saturated heterocycles. The van der Waals surface area contributed by atoms with Gasteiger partial charge in [0.15, 0.2) is 15.6 Å². The van der Waals surface area contributed by atoms with Gasteiger partial charge in [-0.1, -0.05) is 0 Å². The third-order valence-electron chi connectivity index (χ3n) is 1.81. The molecule has 0 radical (unpaired) electrons. The van der Waals surface area contributed by atoms with E-state index in [0.717, 1.165) is 0 Å². The van der Waals surface area contributed by atoms with Crippen LogP contribution in [0, 0.1) is 0 Å². The first-order chi connectivity index (χ1) is 6.05. The molecule has 0 aliphatic carbocycles. The first-order valence-corrected chi connectivity index (χ1v) is 5.71. The van der Waals surface area contributed by atoms with Gasteiger partial charge in [0.25, 0.3) is 0 Å². The number of carbonyl (C=O) groups is 1. The summed E-state index contributed by atoms with van der Waals surface area (Å²) in [5.41, 5.74) is 0. The Morgan fingerprint density at radius 3 is 2.85 bits per heavy atom. The minimum atomic E-state index is -3.10. The topological polar surface area (TPSA) is 69.7 Å². The highest BCUT2D eigenvalue weighted by Gasteiger charge is 2.31. The fraction of sp³-hybridized carbons (Fsp3) is 0.857. The molecule has 0 aromatic heterocycles. The Morgan fingerprint density at radius 2 is 2.23 bits per heavy atom. The highest BCUT2D eigenvalue weighted by atomic mass is 32.2. The molecule has 0 amide bonds. The van der Waals surface area contributed by atoms with E-state index < -0.39 is 15.9 Å². The van der Waals surface area contributed by atoms with Crippen LogP contribution in [0.3, 0.4) is 0 Å². The van der Waals surface area contributed by atoms with Gasteiger partial charge >= 0.3 is 0 Å². The molecule has 0 unspecified atom stereocenters. The van der Waals surface area contributed by atoms with Crippen LogP contribution >= 0.6 is 0 Å². The molecule has 13 heavy (non-hydrogen) atoms. The standard InChI is InChI=1S/C7H12O5S/c1-11-5-12-7-4-13(9,10)3-2-6(7)8/h7H,2-5H2,1H3/t7-/m0/s1. The molecule has 1 rings (SSSR count). The summed E-state index contributed by atoms with van der Waals surface area (Å²) in [6.07, 6.45) is -0.782. The molecule has 76 valence electrons. The fourth-order valence-electron chi connectivity index (χ4n) is 1.12. The van der Waals surface area contributed by atoms with Crippen molar-refractivity contribution in [3.63, 3.8) is 0 Å². The zero-order valence-electron chi connectivity index (χ0n) is 7.36. The molecule has 5 nitrogen and oxygen atoms in total. The third-order valence-corrected chi connectivity index (χ3v) is 3.45. The van der Waals surface area contributed by atoms with Crippen molar-refractivity contribution in [3.8, 4) is 0 Å². The maximum Gasteiger partial charge on any atom is 0.163 e. The van der Waals surface area contributed by atoms with E-state index in [0.29, 0.717) is 0 Å². The monoisotopic (exact) mass is 208 g/mol. The number of rotatable bonds is 3. The quantitative estimate of drug-likeness (QED) is 0.577. The van der Waals surface area contributed by atoms with Crippen LogP contribution in [-0.4, -0.2) is 45.7 Å². The second kappa shape index (κ2) is 4.17. The van der Waals surface area contributed by atoms with Crippen LogP contribution < -0.4 is 0 Å². The highest BCUT2D eigenvalue weighted by molar-refractivity contribution is 7.91. The van der Waals surface area contributed by atoms with E-state index in [9.17, 15) is 13.2 Å². The molecule has 1 fully saturated rings. The number of carbonyl (C=O) groups excluding carboxylic acids is 1. The first-order valence-electron chi connectivity index (χ1n) is 3.89. The van der Waals surface area contributed by atoms with Gasteiger partial charge in [-0.2, -0.15) is 0 Å². The van der Waals surface area contributed by atoms with E-state index in [2.05, 4.69) is 4.74 Å². The van der Waals surface area contributed by atoms with Crippen LogP contribution in [0.25, 0.3) is 0 Å². The Bertz CT molecular complexity index is 281. The Balaban J connectivity index is 2.56. The van der Waals surface area contributed by atoms with Crippen LogP contribution in [0.2, 0.25) is 0 Å². The fourth-order valence-corrected chi connectivity index (χ4v) is 2.54. The SMILES string of the molecule is COCO[C@H]1CS(=O)(=O)CCC1=O. The summed E-state index contributed by atoms with van der Waals surface area (Å²) >= 11 is 0. The third kappa shape index (κ3) is 3.06. The lowest BCUT2D eigenvalue weighted by Crippen LogP contribution is -2.39. The van der Waals surface area contributed by atoms with Crippen LogP contribution in [0.1, 0.15) is 6.42 Å². The van der Waals surface area contributed by atoms with Crippen molar-refractivity contribution in [2.24, 2.45) is 0 Å². The molecule has 1 heterocycles. The zero-order valence-corrected chi connectivity index (χ0v) is 8.17. The van der Waals surface area contributed by atoms with E-state index >= 15 is 0 Å². The summed E-state index contributed by atoms with van der Waals surface area (Å²) in [6.45, 7) is -0.0497. The molecule has 1 aliphatic heterocycles. The van der Waals surface area contributed by atoms with Gasteiger partial charge in [-0.05, 0) is 0 Å². The van der Waals surface area contributed by atoms with Gasteiger partial charge in [-0.25, -0.2) is 8.42 Å². The lowest BCUT2D eigenvalue weighted by Gasteiger charge is -2.20. The number of sulfone groups is 1. The van der Waals surface area contributed by atoms with Gasteiger partial charge in [0.05, 0.1) is 11.5 Å². The number of hydrogen-bond acceptors (Lipinski definition) is 5. The van der Waals surface area contributed by atoms with Crippen molar-refractivity contribution in [1.82, 2.24) is 0 Å². The smallest absolute Gasteiger partial charge is 0.163 e. The average molecular weight is 208 g/mol. The Labute approximate surface area is 76.9 Å². The summed E-state index contributed by atoms with van der Waals surface area (Å²) < 4.78 is 31.7. The second-order valence-electron chi connectivity index (χ2n) is 2.89. The van der Waals surface area contributed by atoms with E-state index in [-0.39, 0.29) is 30.5 Å². The summed E-state index contributed by atoms with van der Waals surface area (Å²) in [6, 6.07) is 0. The largest absolute Gasteiger partial charge is 0.359 e. The molecule has 0 saturated carbocycles. The number of hydrogen-bond donors (Lipinski definition) is 0. The molecular formula is C7H12O5S. The number of ketones is 1. The molecule has 0 aromatic rings. The maximum atomic E-state index is 11.1. The van der Waals surface area contributed by atoms with Gasteiger partial charge in [0.2, 0.25) is 0 Å². The predicted octanol–water partition coefficient (Wildman–Crippen LogP) is -0.637.